The van der Waals surface area contributed by atoms with Crippen molar-refractivity contribution in [2.75, 3.05) is 19.6 Å². The van der Waals surface area contributed by atoms with Crippen LogP contribution in [-0.2, 0) is 22.6 Å². The number of rotatable bonds is 7. The third-order valence-corrected chi connectivity index (χ3v) is 5.32. The molecule has 1 fully saturated rings. The van der Waals surface area contributed by atoms with Crippen LogP contribution in [0.3, 0.4) is 0 Å². The number of nitrogens with one attached hydrogen (secondary N) is 2. The van der Waals surface area contributed by atoms with Crippen molar-refractivity contribution in [1.29, 1.82) is 0 Å². The van der Waals surface area contributed by atoms with Gasteiger partial charge in [-0.3, -0.25) is 14.5 Å². The number of nitrogens with zero attached hydrogens (tertiary/aromatic N) is 2. The molecule has 0 aliphatic carbocycles. The topological polar surface area (TPSA) is 74.3 Å². The van der Waals surface area contributed by atoms with E-state index in [4.69, 9.17) is 11.6 Å². The first-order chi connectivity index (χ1) is 13.0. The minimum absolute atomic E-state index is 0.0545. The first-order valence-electron chi connectivity index (χ1n) is 8.62. The lowest BCUT2D eigenvalue weighted by Crippen LogP contribution is -2.56. The second-order valence-electron chi connectivity index (χ2n) is 6.31. The van der Waals surface area contributed by atoms with E-state index in [0.717, 1.165) is 5.69 Å². The van der Waals surface area contributed by atoms with Gasteiger partial charge in [0.05, 0.1) is 28.7 Å². The van der Waals surface area contributed by atoms with Crippen LogP contribution in [0.1, 0.15) is 17.7 Å². The lowest BCUT2D eigenvalue weighted by atomic mass is 10.1. The van der Waals surface area contributed by atoms with Crippen LogP contribution in [0.4, 0.5) is 4.39 Å². The highest BCUT2D eigenvalue weighted by molar-refractivity contribution is 7.07. The minimum Gasteiger partial charge on any atom is -0.356 e. The van der Waals surface area contributed by atoms with Crippen molar-refractivity contribution in [1.82, 2.24) is 20.5 Å². The first-order valence-corrected chi connectivity index (χ1v) is 9.94. The first kappa shape index (κ1) is 19.7. The van der Waals surface area contributed by atoms with E-state index in [2.05, 4.69) is 15.6 Å². The summed E-state index contributed by atoms with van der Waals surface area (Å²) in [5.41, 5.74) is 3.39. The van der Waals surface area contributed by atoms with Gasteiger partial charge in [-0.15, -0.1) is 11.3 Å². The van der Waals surface area contributed by atoms with Gasteiger partial charge in [0.25, 0.3) is 0 Å². The largest absolute Gasteiger partial charge is 0.356 e. The smallest absolute Gasteiger partial charge is 0.237 e. The highest BCUT2D eigenvalue weighted by atomic mass is 35.5. The van der Waals surface area contributed by atoms with Crippen LogP contribution in [0.25, 0.3) is 0 Å². The highest BCUT2D eigenvalue weighted by Crippen LogP contribution is 2.19. The number of piperazine rings is 1. The van der Waals surface area contributed by atoms with Crippen molar-refractivity contribution in [2.45, 2.75) is 25.4 Å². The second kappa shape index (κ2) is 9.25. The molecule has 6 nitrogen and oxygen atoms in total. The quantitative estimate of drug-likeness (QED) is 0.732. The van der Waals surface area contributed by atoms with Gasteiger partial charge in [-0.1, -0.05) is 17.7 Å². The summed E-state index contributed by atoms with van der Waals surface area (Å²) < 4.78 is 13.7. The average molecular weight is 411 g/mol. The van der Waals surface area contributed by atoms with Crippen LogP contribution in [0.5, 0.6) is 0 Å². The van der Waals surface area contributed by atoms with E-state index in [9.17, 15) is 14.0 Å². The van der Waals surface area contributed by atoms with E-state index >= 15 is 0 Å². The Morgan fingerprint density at radius 2 is 2.33 bits per heavy atom. The summed E-state index contributed by atoms with van der Waals surface area (Å²) in [7, 11) is 0. The van der Waals surface area contributed by atoms with Crippen molar-refractivity contribution < 1.29 is 14.0 Å². The van der Waals surface area contributed by atoms with Crippen LogP contribution in [0, 0.1) is 5.82 Å². The zero-order valence-corrected chi connectivity index (χ0v) is 16.2. The Bertz CT molecular complexity index is 803. The zero-order valence-electron chi connectivity index (χ0n) is 14.6. The highest BCUT2D eigenvalue weighted by Gasteiger charge is 2.31. The molecule has 2 N–H and O–H groups in total. The van der Waals surface area contributed by atoms with E-state index in [1.807, 2.05) is 10.3 Å². The molecular weight excluding hydrogens is 391 g/mol. The molecule has 0 spiro atoms. The van der Waals surface area contributed by atoms with Crippen LogP contribution in [0.15, 0.2) is 29.1 Å². The lowest BCUT2D eigenvalue weighted by Gasteiger charge is -2.34. The molecule has 1 unspecified atom stereocenters. The van der Waals surface area contributed by atoms with Gasteiger partial charge in [0.15, 0.2) is 0 Å². The molecule has 1 aliphatic heterocycles. The standard InChI is InChI=1S/C18H20ClFN4O2S/c19-14-2-1-12(7-15(14)20)9-24-6-5-22-18(26)16(24)8-17(25)21-4-3-13-10-27-11-23-13/h1-2,7,10-11,16H,3-6,8-9H2,(H,21,25)(H,22,26). The number of thiazole rings is 1. The number of hydrogen-bond acceptors (Lipinski definition) is 5. The second-order valence-corrected chi connectivity index (χ2v) is 7.44. The maximum atomic E-state index is 13.7. The molecular formula is C18H20ClFN4O2S. The third kappa shape index (κ3) is 5.47. The predicted octanol–water partition coefficient (Wildman–Crippen LogP) is 1.98. The van der Waals surface area contributed by atoms with Gasteiger partial charge in [0.1, 0.15) is 5.82 Å². The summed E-state index contributed by atoms with van der Waals surface area (Å²) in [5, 5.41) is 7.62. The molecule has 27 heavy (non-hydrogen) atoms. The summed E-state index contributed by atoms with van der Waals surface area (Å²) >= 11 is 7.23. The molecule has 9 heteroatoms. The number of carbonyl (C=O) groups excluding carboxylic acids is 2. The van der Waals surface area contributed by atoms with E-state index in [1.165, 1.54) is 23.5 Å². The Morgan fingerprint density at radius 1 is 1.48 bits per heavy atom. The Hall–Kier alpha value is -2.03. The molecule has 1 aromatic carbocycles. The zero-order chi connectivity index (χ0) is 19.2. The lowest BCUT2D eigenvalue weighted by molar-refractivity contribution is -0.134. The van der Waals surface area contributed by atoms with Gasteiger partial charge in [0, 0.05) is 38.0 Å². The third-order valence-electron chi connectivity index (χ3n) is 4.38. The predicted molar refractivity (Wildman–Crippen MR) is 102 cm³/mol. The summed E-state index contributed by atoms with van der Waals surface area (Å²) in [4.78, 5) is 30.6. The fourth-order valence-corrected chi connectivity index (χ4v) is 3.69. The Balaban J connectivity index is 1.57. The number of benzene rings is 1. The summed E-state index contributed by atoms with van der Waals surface area (Å²) in [5.74, 6) is -0.878. The molecule has 1 aliphatic rings. The monoisotopic (exact) mass is 410 g/mol. The van der Waals surface area contributed by atoms with E-state index in [0.29, 0.717) is 38.2 Å². The molecule has 2 amide bonds. The molecule has 0 radical (unpaired) electrons. The molecule has 1 aromatic heterocycles. The van der Waals surface area contributed by atoms with Gasteiger partial charge in [-0.05, 0) is 17.7 Å². The van der Waals surface area contributed by atoms with Crippen molar-refractivity contribution >= 4 is 34.8 Å². The summed E-state index contributed by atoms with van der Waals surface area (Å²) in [6.07, 6.45) is 0.707. The molecule has 1 atom stereocenters. The summed E-state index contributed by atoms with van der Waals surface area (Å²) in [6, 6.07) is 4.00. The van der Waals surface area contributed by atoms with Crippen molar-refractivity contribution in [3.05, 3.63) is 51.2 Å². The van der Waals surface area contributed by atoms with Crippen molar-refractivity contribution in [3.8, 4) is 0 Å². The molecule has 2 aromatic rings. The minimum atomic E-state index is -0.586. The van der Waals surface area contributed by atoms with Crippen LogP contribution in [-0.4, -0.2) is 47.4 Å². The number of hydrogen-bond donors (Lipinski definition) is 2. The molecule has 0 bridgehead atoms. The van der Waals surface area contributed by atoms with Crippen molar-refractivity contribution in [3.63, 3.8) is 0 Å². The fraction of sp³-hybridized carbons (Fsp3) is 0.389. The van der Waals surface area contributed by atoms with E-state index < -0.39 is 11.9 Å². The Labute approximate surface area is 165 Å². The maximum absolute atomic E-state index is 13.7. The molecule has 144 valence electrons. The fourth-order valence-electron chi connectivity index (χ4n) is 2.98. The molecule has 2 heterocycles. The average Bonchev–Trinajstić information content (AvgIpc) is 3.14. The number of halogens is 2. The van der Waals surface area contributed by atoms with E-state index in [-0.39, 0.29) is 23.3 Å². The molecule has 3 rings (SSSR count). The SMILES string of the molecule is O=C(CC1C(=O)NCCN1Cc1ccc(Cl)c(F)c1)NCCc1cscn1. The number of amides is 2. The Morgan fingerprint density at radius 3 is 3.07 bits per heavy atom. The van der Waals surface area contributed by atoms with Gasteiger partial charge < -0.3 is 10.6 Å². The van der Waals surface area contributed by atoms with Gasteiger partial charge in [0.2, 0.25) is 11.8 Å². The maximum Gasteiger partial charge on any atom is 0.237 e. The van der Waals surface area contributed by atoms with Gasteiger partial charge in [-0.25, -0.2) is 9.37 Å². The number of aromatic nitrogens is 1. The molecule has 0 saturated carbocycles. The van der Waals surface area contributed by atoms with Crippen LogP contribution < -0.4 is 10.6 Å². The summed E-state index contributed by atoms with van der Waals surface area (Å²) in [6.45, 7) is 1.93. The van der Waals surface area contributed by atoms with E-state index in [1.54, 1.807) is 11.6 Å². The van der Waals surface area contributed by atoms with Crippen molar-refractivity contribution in [2.24, 2.45) is 0 Å². The Kier molecular flexibility index (Phi) is 6.76. The van der Waals surface area contributed by atoms with Gasteiger partial charge >= 0.3 is 0 Å². The molecule has 1 saturated heterocycles. The van der Waals surface area contributed by atoms with Crippen LogP contribution >= 0.6 is 22.9 Å². The normalized spacial score (nSPS) is 17.6. The van der Waals surface area contributed by atoms with Gasteiger partial charge in [-0.2, -0.15) is 0 Å². The van der Waals surface area contributed by atoms with Crippen LogP contribution in [0.2, 0.25) is 5.02 Å². The number of carbonyl (C=O) groups is 2.